The Hall–Kier alpha value is -4.48. The number of ether oxygens (including phenoxy) is 12. The van der Waals surface area contributed by atoms with Crippen molar-refractivity contribution in [2.24, 2.45) is 5.41 Å². The summed E-state index contributed by atoms with van der Waals surface area (Å²) in [4.78, 5) is 13.9. The molecule has 0 saturated carbocycles. The molecule has 29 heteroatoms. The summed E-state index contributed by atoms with van der Waals surface area (Å²) < 4.78 is 167. The third kappa shape index (κ3) is 33.6. The number of anilines is 2. The van der Waals surface area contributed by atoms with Gasteiger partial charge in [0.25, 0.3) is 30.4 Å². The number of carboxylic acids is 1. The minimum Gasteiger partial charge on any atom is -0.507 e. The summed E-state index contributed by atoms with van der Waals surface area (Å²) in [6, 6.07) is 9.38. The molecule has 2 aromatic carbocycles. The molecule has 0 aliphatic carbocycles. The fourth-order valence-corrected chi connectivity index (χ4v) is 10.6. The van der Waals surface area contributed by atoms with Crippen LogP contribution in [0.5, 0.6) is 5.75 Å². The average molecular weight is 1330 g/mol. The molecule has 0 saturated heterocycles. The summed E-state index contributed by atoms with van der Waals surface area (Å²) in [6.45, 7) is 20.7. The highest BCUT2D eigenvalue weighted by molar-refractivity contribution is 7.86. The van der Waals surface area contributed by atoms with Gasteiger partial charge in [0.15, 0.2) is 0 Å². The highest BCUT2D eigenvalue weighted by Crippen LogP contribution is 2.51. The van der Waals surface area contributed by atoms with Crippen LogP contribution >= 0.6 is 0 Å². The largest absolute Gasteiger partial charge is 0.507 e. The molecule has 1 aliphatic rings. The van der Waals surface area contributed by atoms with Gasteiger partial charge in [-0.3, -0.25) is 18.5 Å². The van der Waals surface area contributed by atoms with E-state index in [4.69, 9.17) is 61.9 Å². The Labute approximate surface area is 526 Å². The number of methoxy groups -OCH3 is 1. The molecule has 0 fully saturated rings. The number of aromatic hydroxyl groups is 1. The summed E-state index contributed by atoms with van der Waals surface area (Å²) in [5.41, 5.74) is 2.47. The smallest absolute Gasteiger partial charge is 0.305 e. The van der Waals surface area contributed by atoms with Gasteiger partial charge in [0.1, 0.15) is 5.75 Å². The number of hydrogen-bond donors (Lipinski definition) is 5. The minimum atomic E-state index is -4.66. The van der Waals surface area contributed by atoms with Crippen molar-refractivity contribution < 1.29 is 111 Å². The van der Waals surface area contributed by atoms with Crippen molar-refractivity contribution in [3.8, 4) is 5.75 Å². The van der Waals surface area contributed by atoms with E-state index < -0.39 is 58.7 Å². The van der Waals surface area contributed by atoms with Gasteiger partial charge >= 0.3 is 5.97 Å². The van der Waals surface area contributed by atoms with Gasteiger partial charge in [-0.1, -0.05) is 45.6 Å². The van der Waals surface area contributed by atoms with Crippen LogP contribution in [0, 0.1) is 5.41 Å². The number of hydrogen-bond acceptors (Lipinski definition) is 22. The predicted molar refractivity (Wildman–Crippen MR) is 335 cm³/mol. The number of phenols is 1. The molecule has 1 heterocycles. The molecule has 26 nitrogen and oxygen atoms in total. The van der Waals surface area contributed by atoms with Gasteiger partial charge in [0.2, 0.25) is 0 Å². The first-order valence-corrected chi connectivity index (χ1v) is 34.2. The maximum atomic E-state index is 12.5. The lowest BCUT2D eigenvalue weighted by molar-refractivity contribution is -0.138. The lowest BCUT2D eigenvalue weighted by Crippen LogP contribution is -2.31. The van der Waals surface area contributed by atoms with Crippen LogP contribution in [-0.2, 0) is 97.4 Å². The van der Waals surface area contributed by atoms with E-state index in [0.717, 1.165) is 5.57 Å². The molecule has 89 heavy (non-hydrogen) atoms. The normalized spacial score (nSPS) is 15.4. The SMILES string of the molecule is C=C(/C=C(\c1ccc(N(CCCS(=O)(=O)O)CCOCCOCCOCCOCCOCCOC)cc1O)C(C)(C)C)/C=C/C=C1/N(CCOCCOCCOCCOCCOCCOCCC(=O)O)c2ccc(S(=O)(=O)O)cc2C1(C)CCCS(=O)(=O)O. The van der Waals surface area contributed by atoms with E-state index in [2.05, 4.69) is 6.58 Å². The average Bonchev–Trinajstić information content (AvgIpc) is 1.64. The van der Waals surface area contributed by atoms with Crippen LogP contribution in [0.2, 0.25) is 0 Å². The zero-order valence-corrected chi connectivity index (χ0v) is 54.7. The van der Waals surface area contributed by atoms with E-state index in [1.165, 1.54) is 12.1 Å². The van der Waals surface area contributed by atoms with Crippen LogP contribution in [0.15, 0.2) is 83.4 Å². The Kier molecular flexibility index (Phi) is 37.7. The van der Waals surface area contributed by atoms with Crippen LogP contribution in [0.1, 0.15) is 64.5 Å². The zero-order valence-electron chi connectivity index (χ0n) is 52.2. The van der Waals surface area contributed by atoms with Crippen molar-refractivity contribution in [3.63, 3.8) is 0 Å². The third-order valence-corrected chi connectivity index (χ3v) is 15.9. The van der Waals surface area contributed by atoms with Crippen molar-refractivity contribution in [2.75, 3.05) is 200 Å². The number of benzene rings is 2. The van der Waals surface area contributed by atoms with Crippen LogP contribution in [0.3, 0.4) is 0 Å². The second-order valence-electron chi connectivity index (χ2n) is 21.5. The van der Waals surface area contributed by atoms with E-state index in [9.17, 15) is 48.8 Å². The summed E-state index contributed by atoms with van der Waals surface area (Å²) in [6.07, 6.45) is 7.33. The Bertz CT molecular complexity index is 2830. The molecule has 0 radical (unpaired) electrons. The number of nitrogens with zero attached hydrogens (tertiary/aromatic N) is 2. The number of allylic oxidation sites excluding steroid dienone is 7. The van der Waals surface area contributed by atoms with Crippen LogP contribution in [0.25, 0.3) is 5.57 Å². The highest BCUT2D eigenvalue weighted by atomic mass is 32.2. The third-order valence-electron chi connectivity index (χ3n) is 13.5. The molecular weight excluding hydrogens is 1230 g/mol. The maximum absolute atomic E-state index is 12.5. The lowest BCUT2D eigenvalue weighted by atomic mass is 9.77. The van der Waals surface area contributed by atoms with E-state index in [1.807, 2.05) is 55.7 Å². The summed E-state index contributed by atoms with van der Waals surface area (Å²) >= 11 is 0. The highest BCUT2D eigenvalue weighted by Gasteiger charge is 2.44. The van der Waals surface area contributed by atoms with E-state index >= 15 is 0 Å². The fourth-order valence-electron chi connectivity index (χ4n) is 9.07. The molecule has 3 rings (SSSR count). The molecule has 2 aromatic rings. The molecule has 1 aliphatic heterocycles. The fraction of sp³-hybridized carbons (Fsp3) is 0.650. The molecule has 1 unspecified atom stereocenters. The second-order valence-corrected chi connectivity index (χ2v) is 26.1. The molecule has 0 spiro atoms. The van der Waals surface area contributed by atoms with E-state index in [1.54, 1.807) is 37.5 Å². The Balaban J connectivity index is 1.70. The summed E-state index contributed by atoms with van der Waals surface area (Å²) in [5.74, 6) is -1.99. The quantitative estimate of drug-likeness (QED) is 0.0292. The number of aliphatic carboxylic acids is 1. The van der Waals surface area contributed by atoms with Crippen LogP contribution < -0.4 is 9.80 Å². The van der Waals surface area contributed by atoms with Gasteiger partial charge in [0, 0.05) is 60.9 Å². The summed E-state index contributed by atoms with van der Waals surface area (Å²) in [7, 11) is -11.6. The molecule has 508 valence electrons. The van der Waals surface area contributed by atoms with Gasteiger partial charge < -0.3 is 76.9 Å². The molecule has 0 amide bonds. The number of fused-ring (bicyclic) bond motifs is 1. The minimum absolute atomic E-state index is 0.00314. The van der Waals surface area contributed by atoms with Crippen LogP contribution in [-0.4, -0.2) is 245 Å². The topological polar surface area (TPSA) is 338 Å². The number of rotatable bonds is 53. The van der Waals surface area contributed by atoms with Gasteiger partial charge in [-0.2, -0.15) is 25.3 Å². The van der Waals surface area contributed by atoms with Gasteiger partial charge in [-0.25, -0.2) is 0 Å². The Morgan fingerprint density at radius 1 is 0.618 bits per heavy atom. The first-order valence-electron chi connectivity index (χ1n) is 29.5. The Morgan fingerprint density at radius 3 is 1.53 bits per heavy atom. The monoisotopic (exact) mass is 1320 g/mol. The first kappa shape index (κ1) is 78.8. The number of phenolic OH excluding ortho intramolecular Hbond substituents is 1. The van der Waals surface area contributed by atoms with Crippen LogP contribution in [0.4, 0.5) is 11.4 Å². The van der Waals surface area contributed by atoms with Crippen molar-refractivity contribution in [2.45, 2.75) is 63.7 Å². The lowest BCUT2D eigenvalue weighted by Gasteiger charge is -2.30. The maximum Gasteiger partial charge on any atom is 0.305 e. The van der Waals surface area contributed by atoms with Crippen molar-refractivity contribution in [3.05, 3.63) is 89.7 Å². The van der Waals surface area contributed by atoms with E-state index in [0.29, 0.717) is 153 Å². The van der Waals surface area contributed by atoms with Gasteiger partial charge in [0.05, 0.1) is 175 Å². The summed E-state index contributed by atoms with van der Waals surface area (Å²) in [5, 5.41) is 20.3. The number of carboxylic acid groups (broad SMARTS) is 1. The molecular formula is C60H96N2O24S3. The van der Waals surface area contributed by atoms with Crippen molar-refractivity contribution in [1.29, 1.82) is 0 Å². The Morgan fingerprint density at radius 2 is 1.08 bits per heavy atom. The number of carbonyl (C=O) groups is 1. The molecule has 0 aromatic heterocycles. The van der Waals surface area contributed by atoms with Crippen molar-refractivity contribution in [1.82, 2.24) is 0 Å². The van der Waals surface area contributed by atoms with Gasteiger partial charge in [-0.05, 0) is 84.7 Å². The second kappa shape index (κ2) is 42.6. The van der Waals surface area contributed by atoms with Gasteiger partial charge in [-0.15, -0.1) is 0 Å². The standard InChI is InChI=1S/C60H96N2O24S3/c1-49(46-53(59(2,3)4)52-14-12-50(47-56(52)63)61(18-9-45-88(69,70)71)19-22-77-27-30-81-35-38-85-41-40-83-33-32-79-25-24-75-6)10-7-11-57-60(5,17-8-44-87(66,67)68)54-48-51(89(72,73)74)13-15-55(54)62(57)20-23-78-28-31-82-36-39-86-43-42-84-37-34-80-29-26-76-21-16-58(64)65/h7,10-15,46-48,63H,1,8-9,16-45H2,2-6H3,(H,64,65)(H,66,67,68)(H,69,70,71)(H,72,73,74)/b10-7+,53-46+,57-11+. The van der Waals surface area contributed by atoms with E-state index in [-0.39, 0.29) is 89.1 Å². The first-order chi connectivity index (χ1) is 42.3. The van der Waals surface area contributed by atoms with Crippen molar-refractivity contribution >= 4 is 53.3 Å². The molecule has 5 N–H and O–H groups in total. The molecule has 0 bridgehead atoms. The zero-order chi connectivity index (χ0) is 65.6. The molecule has 1 atom stereocenters. The predicted octanol–water partition coefficient (Wildman–Crippen LogP) is 5.90.